The minimum Gasteiger partial charge on any atom is -0.494 e. The number of anilines is 1. The molecule has 3 rings (SSSR count). The molecule has 5 N–H and O–H groups in total. The van der Waals surface area contributed by atoms with Crippen molar-refractivity contribution in [3.05, 3.63) is 89.7 Å². The van der Waals surface area contributed by atoms with Gasteiger partial charge in [0.25, 0.3) is 0 Å². The topological polar surface area (TPSA) is 125 Å². The zero-order chi connectivity index (χ0) is 36.9. The number of amidine groups is 2. The fourth-order valence-electron chi connectivity index (χ4n) is 4.45. The number of ether oxygens (including phenoxy) is 1. The first-order chi connectivity index (χ1) is 23.7. The zero-order valence-corrected chi connectivity index (χ0v) is 31.9. The highest BCUT2D eigenvalue weighted by molar-refractivity contribution is 6.07. The van der Waals surface area contributed by atoms with Crippen LogP contribution in [0.15, 0.2) is 78.0 Å². The maximum absolute atomic E-state index is 10.9. The molecule has 0 saturated heterocycles. The summed E-state index contributed by atoms with van der Waals surface area (Å²) in [5.41, 5.74) is 8.83. The number of carbonyl (C=O) groups excluding carboxylic acids is 1. The minimum atomic E-state index is -0.638. The number of hydrogen-bond acceptors (Lipinski definition) is 6. The summed E-state index contributed by atoms with van der Waals surface area (Å²) in [7, 11) is 1.98. The van der Waals surface area contributed by atoms with Crippen molar-refractivity contribution in [2.45, 2.75) is 125 Å². The minimum absolute atomic E-state index is 0.0815. The van der Waals surface area contributed by atoms with Gasteiger partial charge in [0.1, 0.15) is 17.9 Å². The second-order valence-electron chi connectivity index (χ2n) is 11.8. The Morgan fingerprint density at radius 1 is 0.939 bits per heavy atom. The number of pyridine rings is 1. The number of hydrogen-bond donors (Lipinski definition) is 4. The largest absolute Gasteiger partial charge is 0.494 e. The molecule has 0 aliphatic carbocycles. The van der Waals surface area contributed by atoms with Gasteiger partial charge in [-0.15, -0.1) is 0 Å². The molecular formula is C41H66N6O2. The number of nitrogens with zero attached hydrogens (tertiary/aromatic N) is 2. The van der Waals surface area contributed by atoms with Gasteiger partial charge in [0.05, 0.1) is 12.1 Å². The fraction of sp³-hybridized carbons (Fsp3) is 0.512. The molecule has 2 atom stereocenters. The van der Waals surface area contributed by atoms with Gasteiger partial charge in [-0.2, -0.15) is 0 Å². The SMILES string of the molecule is CC.CCC(C)(Nc1cccc(C=O)c1)C(N)=NC(=N)c1ccncc1.CCCCC.CCCCCCCOc1cccc(C(C)NC)c1. The summed E-state index contributed by atoms with van der Waals surface area (Å²) < 4.78 is 5.79. The van der Waals surface area contributed by atoms with E-state index in [9.17, 15) is 4.79 Å². The van der Waals surface area contributed by atoms with Gasteiger partial charge in [-0.3, -0.25) is 15.2 Å². The molecule has 8 heteroatoms. The number of carbonyl (C=O) groups is 1. The zero-order valence-electron chi connectivity index (χ0n) is 31.9. The predicted molar refractivity (Wildman–Crippen MR) is 212 cm³/mol. The maximum atomic E-state index is 10.9. The van der Waals surface area contributed by atoms with Gasteiger partial charge in [-0.1, -0.05) is 111 Å². The second-order valence-corrected chi connectivity index (χ2v) is 11.8. The van der Waals surface area contributed by atoms with Crippen molar-refractivity contribution in [2.24, 2.45) is 10.7 Å². The van der Waals surface area contributed by atoms with E-state index in [1.54, 1.807) is 42.7 Å². The van der Waals surface area contributed by atoms with Crippen LogP contribution in [0.25, 0.3) is 0 Å². The lowest BCUT2D eigenvalue weighted by atomic mass is 9.96. The van der Waals surface area contributed by atoms with E-state index in [1.165, 1.54) is 50.5 Å². The van der Waals surface area contributed by atoms with Crippen LogP contribution in [0.2, 0.25) is 0 Å². The van der Waals surface area contributed by atoms with Crippen molar-refractivity contribution in [1.29, 1.82) is 5.41 Å². The van der Waals surface area contributed by atoms with Crippen LogP contribution >= 0.6 is 0 Å². The van der Waals surface area contributed by atoms with Gasteiger partial charge in [0, 0.05) is 35.2 Å². The Hall–Kier alpha value is -4.04. The highest BCUT2D eigenvalue weighted by Crippen LogP contribution is 2.21. The number of nitrogens with one attached hydrogen (secondary N) is 3. The molecule has 0 aliphatic heterocycles. The molecule has 0 saturated carbocycles. The van der Waals surface area contributed by atoms with Crippen molar-refractivity contribution in [2.75, 3.05) is 19.0 Å². The third-order valence-electron chi connectivity index (χ3n) is 7.92. The van der Waals surface area contributed by atoms with Crippen LogP contribution in [-0.4, -0.2) is 42.1 Å². The molecule has 8 nitrogen and oxygen atoms in total. The Balaban J connectivity index is 0.000000813. The number of benzene rings is 2. The number of aliphatic imine (C=N–C) groups is 1. The van der Waals surface area contributed by atoms with Gasteiger partial charge < -0.3 is 21.1 Å². The van der Waals surface area contributed by atoms with E-state index < -0.39 is 5.54 Å². The van der Waals surface area contributed by atoms with Gasteiger partial charge in [0.2, 0.25) is 0 Å². The Labute approximate surface area is 298 Å². The fourth-order valence-corrected chi connectivity index (χ4v) is 4.45. The molecule has 272 valence electrons. The summed E-state index contributed by atoms with van der Waals surface area (Å²) in [6, 6.07) is 19.3. The van der Waals surface area contributed by atoms with Gasteiger partial charge in [0.15, 0.2) is 5.84 Å². The van der Waals surface area contributed by atoms with Crippen LogP contribution in [0.4, 0.5) is 5.69 Å². The van der Waals surface area contributed by atoms with E-state index >= 15 is 0 Å². The first-order valence-electron chi connectivity index (χ1n) is 18.2. The summed E-state index contributed by atoms with van der Waals surface area (Å²) in [6.07, 6.45) is 15.2. The lowest BCUT2D eigenvalue weighted by Crippen LogP contribution is -2.48. The summed E-state index contributed by atoms with van der Waals surface area (Å²) in [5, 5.41) is 14.6. The Kier molecular flexibility index (Phi) is 25.6. The van der Waals surface area contributed by atoms with Crippen molar-refractivity contribution >= 4 is 23.6 Å². The highest BCUT2D eigenvalue weighted by Gasteiger charge is 2.27. The summed E-state index contributed by atoms with van der Waals surface area (Å²) in [5.74, 6) is 1.38. The lowest BCUT2D eigenvalue weighted by Gasteiger charge is -2.30. The van der Waals surface area contributed by atoms with Crippen LogP contribution in [0, 0.1) is 5.41 Å². The first-order valence-corrected chi connectivity index (χ1v) is 18.2. The molecule has 49 heavy (non-hydrogen) atoms. The molecule has 2 unspecified atom stereocenters. The molecule has 0 radical (unpaired) electrons. The monoisotopic (exact) mass is 675 g/mol. The predicted octanol–water partition coefficient (Wildman–Crippen LogP) is 10.4. The van der Waals surface area contributed by atoms with E-state index in [1.807, 2.05) is 46.9 Å². The third-order valence-corrected chi connectivity index (χ3v) is 7.92. The number of rotatable bonds is 17. The molecule has 1 aromatic heterocycles. The van der Waals surface area contributed by atoms with Gasteiger partial charge >= 0.3 is 0 Å². The molecule has 0 aliphatic rings. The van der Waals surface area contributed by atoms with E-state index in [4.69, 9.17) is 15.9 Å². The van der Waals surface area contributed by atoms with Gasteiger partial charge in [-0.25, -0.2) is 4.99 Å². The molecule has 0 spiro atoms. The first kappa shape index (κ1) is 45.0. The van der Waals surface area contributed by atoms with Crippen LogP contribution in [0.5, 0.6) is 5.75 Å². The molecule has 3 aromatic rings. The molecule has 2 aromatic carbocycles. The quantitative estimate of drug-likeness (QED) is 0.0489. The maximum Gasteiger partial charge on any atom is 0.154 e. The number of nitrogens with two attached hydrogens (primary N) is 1. The highest BCUT2D eigenvalue weighted by atomic mass is 16.5. The van der Waals surface area contributed by atoms with E-state index in [-0.39, 0.29) is 5.84 Å². The number of aromatic nitrogens is 1. The van der Waals surface area contributed by atoms with Crippen molar-refractivity contribution < 1.29 is 9.53 Å². The Morgan fingerprint density at radius 3 is 2.14 bits per heavy atom. The van der Waals surface area contributed by atoms with Crippen LogP contribution in [0.3, 0.4) is 0 Å². The van der Waals surface area contributed by atoms with Crippen LogP contribution in [0.1, 0.15) is 141 Å². The summed E-state index contributed by atoms with van der Waals surface area (Å²) in [4.78, 5) is 19.1. The standard InChI is InChI=1S/C18H21N5O.C16H27NO.C5H12.C2H6/c1-3-18(2,23-15-6-4-5-13(11-15)12-24)17(20)22-16(19)14-7-9-21-10-8-14;1-4-5-6-7-8-12-18-16-11-9-10-15(13-16)14(2)17-3;1-3-5-4-2;1-2/h4-12,23H,3H2,1-2H3,(H3,19,20,22);9-11,13-14,17H,4-8,12H2,1-3H3;3-5H2,1-2H3;1-2H3. The number of unbranched alkanes of at least 4 members (excludes halogenated alkanes) is 6. The van der Waals surface area contributed by atoms with Crippen LogP contribution in [-0.2, 0) is 0 Å². The Morgan fingerprint density at radius 2 is 1.57 bits per heavy atom. The third kappa shape index (κ3) is 18.9. The normalized spacial score (nSPS) is 12.3. The van der Waals surface area contributed by atoms with Crippen LogP contribution < -0.4 is 21.1 Å². The van der Waals surface area contributed by atoms with E-state index in [0.717, 1.165) is 30.8 Å². The van der Waals surface area contributed by atoms with E-state index in [0.29, 0.717) is 29.4 Å². The smallest absolute Gasteiger partial charge is 0.154 e. The van der Waals surface area contributed by atoms with Crippen molar-refractivity contribution in [3.8, 4) is 5.75 Å². The van der Waals surface area contributed by atoms with Crippen molar-refractivity contribution in [1.82, 2.24) is 10.3 Å². The molecule has 0 bridgehead atoms. The number of aldehydes is 1. The van der Waals surface area contributed by atoms with Gasteiger partial charge in [-0.05, 0) is 75.7 Å². The van der Waals surface area contributed by atoms with Crippen molar-refractivity contribution in [3.63, 3.8) is 0 Å². The lowest BCUT2D eigenvalue weighted by molar-refractivity contribution is 0.112. The molecule has 0 fully saturated rings. The Bertz CT molecular complexity index is 1310. The molecule has 0 amide bonds. The molecule has 1 heterocycles. The van der Waals surface area contributed by atoms with E-state index in [2.05, 4.69) is 66.5 Å². The molecular weight excluding hydrogens is 608 g/mol. The summed E-state index contributed by atoms with van der Waals surface area (Å²) >= 11 is 0. The summed E-state index contributed by atoms with van der Waals surface area (Å²) in [6.45, 7) is 17.6. The average molecular weight is 675 g/mol. The average Bonchev–Trinajstić information content (AvgIpc) is 3.14. The second kappa shape index (κ2) is 27.9.